The molecule has 0 bridgehead atoms. The van der Waals surface area contributed by atoms with Crippen molar-refractivity contribution in [1.82, 2.24) is 9.55 Å². The smallest absolute Gasteiger partial charge is 0.163 e. The highest BCUT2D eigenvalue weighted by Gasteiger charge is 2.16. The number of aromatic nitrogens is 2. The van der Waals surface area contributed by atoms with Gasteiger partial charge in [0.2, 0.25) is 0 Å². The zero-order valence-corrected chi connectivity index (χ0v) is 14.4. The largest absolute Gasteiger partial charge is 0.493 e. The van der Waals surface area contributed by atoms with E-state index in [0.717, 1.165) is 29.8 Å². The summed E-state index contributed by atoms with van der Waals surface area (Å²) in [6.45, 7) is 5.08. The molecule has 0 aliphatic rings. The summed E-state index contributed by atoms with van der Waals surface area (Å²) in [6.07, 6.45) is 1.55. The minimum Gasteiger partial charge on any atom is -0.493 e. The van der Waals surface area contributed by atoms with Gasteiger partial charge in [0.25, 0.3) is 0 Å². The number of rotatable bonds is 7. The first kappa shape index (κ1) is 16.5. The summed E-state index contributed by atoms with van der Waals surface area (Å²) in [5.41, 5.74) is 7.58. The van der Waals surface area contributed by atoms with Gasteiger partial charge >= 0.3 is 0 Å². The Balaban J connectivity index is 2.56. The highest BCUT2D eigenvalue weighted by atomic mass is 32.1. The first-order chi connectivity index (χ1) is 10.5. The second-order valence-electron chi connectivity index (χ2n) is 5.69. The number of methoxy groups -OCH3 is 2. The standard InChI is InChI=1S/C16H23N3O2S/c1-10(2)7-16-18-11-8-13(20-3)14(21-4)9-12(11)19(16)6-5-15(17)22/h8-10H,5-7H2,1-4H3,(H2,17,22). The van der Waals surface area contributed by atoms with Crippen LogP contribution in [-0.4, -0.2) is 28.8 Å². The number of imidazole rings is 1. The summed E-state index contributed by atoms with van der Waals surface area (Å²) in [4.78, 5) is 5.27. The molecule has 0 amide bonds. The molecule has 5 nitrogen and oxygen atoms in total. The van der Waals surface area contributed by atoms with Crippen LogP contribution in [0.1, 0.15) is 26.1 Å². The van der Waals surface area contributed by atoms with Gasteiger partial charge < -0.3 is 19.8 Å². The van der Waals surface area contributed by atoms with Crippen LogP contribution >= 0.6 is 12.2 Å². The molecule has 0 fully saturated rings. The van der Waals surface area contributed by atoms with E-state index < -0.39 is 0 Å². The molecule has 2 aromatic rings. The predicted octanol–water partition coefficient (Wildman–Crippen LogP) is 2.93. The third kappa shape index (κ3) is 3.50. The first-order valence-electron chi connectivity index (χ1n) is 7.35. The Kier molecular flexibility index (Phi) is 5.24. The molecule has 2 N–H and O–H groups in total. The van der Waals surface area contributed by atoms with Gasteiger partial charge in [-0.15, -0.1) is 0 Å². The Morgan fingerprint density at radius 1 is 1.27 bits per heavy atom. The zero-order valence-electron chi connectivity index (χ0n) is 13.5. The van der Waals surface area contributed by atoms with Crippen molar-refractivity contribution < 1.29 is 9.47 Å². The van der Waals surface area contributed by atoms with Gasteiger partial charge in [0.1, 0.15) is 5.82 Å². The Bertz CT molecular complexity index is 680. The van der Waals surface area contributed by atoms with Crippen LogP contribution in [0.25, 0.3) is 11.0 Å². The average Bonchev–Trinajstić information content (AvgIpc) is 2.78. The monoisotopic (exact) mass is 321 g/mol. The Morgan fingerprint density at radius 3 is 2.45 bits per heavy atom. The van der Waals surface area contributed by atoms with Crippen LogP contribution in [0.3, 0.4) is 0 Å². The molecule has 0 saturated heterocycles. The molecule has 1 heterocycles. The van der Waals surface area contributed by atoms with E-state index >= 15 is 0 Å². The highest BCUT2D eigenvalue weighted by molar-refractivity contribution is 7.80. The molecular weight excluding hydrogens is 298 g/mol. The molecule has 0 saturated carbocycles. The third-order valence-electron chi connectivity index (χ3n) is 3.51. The van der Waals surface area contributed by atoms with Gasteiger partial charge in [-0.05, 0) is 5.92 Å². The number of ether oxygens (including phenoxy) is 2. The number of hydrogen-bond donors (Lipinski definition) is 1. The topological polar surface area (TPSA) is 62.3 Å². The number of aryl methyl sites for hydroxylation is 1. The molecule has 22 heavy (non-hydrogen) atoms. The quantitative estimate of drug-likeness (QED) is 0.795. The van der Waals surface area contributed by atoms with E-state index in [-0.39, 0.29) is 0 Å². The number of fused-ring (bicyclic) bond motifs is 1. The molecule has 0 aliphatic heterocycles. The van der Waals surface area contributed by atoms with E-state index in [1.165, 1.54) is 0 Å². The van der Waals surface area contributed by atoms with Crippen molar-refractivity contribution in [2.45, 2.75) is 33.2 Å². The number of hydrogen-bond acceptors (Lipinski definition) is 4. The summed E-state index contributed by atoms with van der Waals surface area (Å²) in [5, 5.41) is 0. The minimum atomic E-state index is 0.512. The van der Waals surface area contributed by atoms with Crippen molar-refractivity contribution in [2.75, 3.05) is 14.2 Å². The van der Waals surface area contributed by atoms with Crippen molar-refractivity contribution >= 4 is 28.2 Å². The van der Waals surface area contributed by atoms with Gasteiger partial charge in [-0.3, -0.25) is 0 Å². The van der Waals surface area contributed by atoms with Crippen molar-refractivity contribution in [2.24, 2.45) is 11.7 Å². The van der Waals surface area contributed by atoms with Crippen LogP contribution in [0.15, 0.2) is 12.1 Å². The van der Waals surface area contributed by atoms with Crippen LogP contribution < -0.4 is 15.2 Å². The molecule has 0 atom stereocenters. The fourth-order valence-corrected chi connectivity index (χ4v) is 2.59. The van der Waals surface area contributed by atoms with Crippen LogP contribution in [0.5, 0.6) is 11.5 Å². The number of nitrogens with two attached hydrogens (primary N) is 1. The van der Waals surface area contributed by atoms with E-state index in [4.69, 9.17) is 32.4 Å². The van der Waals surface area contributed by atoms with Crippen LogP contribution in [0, 0.1) is 5.92 Å². The summed E-state index contributed by atoms with van der Waals surface area (Å²) in [7, 11) is 3.26. The lowest BCUT2D eigenvalue weighted by Gasteiger charge is -2.11. The Morgan fingerprint density at radius 2 is 1.91 bits per heavy atom. The molecule has 6 heteroatoms. The molecule has 120 valence electrons. The summed E-state index contributed by atoms with van der Waals surface area (Å²) in [6, 6.07) is 3.87. The number of thiocarbonyl (C=S) groups is 1. The van der Waals surface area contributed by atoms with E-state index in [0.29, 0.717) is 28.8 Å². The summed E-state index contributed by atoms with van der Waals surface area (Å²) >= 11 is 5.01. The van der Waals surface area contributed by atoms with Gasteiger partial charge in [-0.1, -0.05) is 26.1 Å². The molecule has 2 rings (SSSR count). The first-order valence-corrected chi connectivity index (χ1v) is 7.76. The van der Waals surface area contributed by atoms with E-state index in [2.05, 4.69) is 18.4 Å². The Hall–Kier alpha value is -1.82. The van der Waals surface area contributed by atoms with Gasteiger partial charge in [0.05, 0.1) is 30.2 Å². The van der Waals surface area contributed by atoms with E-state index in [1.54, 1.807) is 14.2 Å². The summed E-state index contributed by atoms with van der Waals surface area (Å²) < 4.78 is 12.9. The summed E-state index contributed by atoms with van der Waals surface area (Å²) in [5.74, 6) is 2.94. The minimum absolute atomic E-state index is 0.512. The fourth-order valence-electron chi connectivity index (χ4n) is 2.49. The highest BCUT2D eigenvalue weighted by Crippen LogP contribution is 2.33. The van der Waals surface area contributed by atoms with Gasteiger partial charge in [-0.25, -0.2) is 4.98 Å². The van der Waals surface area contributed by atoms with Gasteiger partial charge in [-0.2, -0.15) is 0 Å². The molecule has 1 aromatic heterocycles. The molecule has 0 radical (unpaired) electrons. The van der Waals surface area contributed by atoms with Crippen LogP contribution in [0.4, 0.5) is 0 Å². The molecule has 0 unspecified atom stereocenters. The van der Waals surface area contributed by atoms with Crippen LogP contribution in [0.2, 0.25) is 0 Å². The zero-order chi connectivity index (χ0) is 16.3. The van der Waals surface area contributed by atoms with Crippen molar-refractivity contribution in [1.29, 1.82) is 0 Å². The lowest BCUT2D eigenvalue weighted by Crippen LogP contribution is -2.14. The maximum absolute atomic E-state index is 5.66. The maximum atomic E-state index is 5.66. The average molecular weight is 321 g/mol. The number of benzene rings is 1. The maximum Gasteiger partial charge on any atom is 0.163 e. The lowest BCUT2D eigenvalue weighted by atomic mass is 10.1. The molecule has 0 spiro atoms. The molecule has 1 aromatic carbocycles. The lowest BCUT2D eigenvalue weighted by molar-refractivity contribution is 0.355. The van der Waals surface area contributed by atoms with Crippen molar-refractivity contribution in [3.8, 4) is 11.5 Å². The van der Waals surface area contributed by atoms with Gasteiger partial charge in [0, 0.05) is 31.5 Å². The van der Waals surface area contributed by atoms with E-state index in [9.17, 15) is 0 Å². The van der Waals surface area contributed by atoms with E-state index in [1.807, 2.05) is 12.1 Å². The normalized spacial score (nSPS) is 11.1. The Labute approximate surface area is 136 Å². The second kappa shape index (κ2) is 6.96. The fraction of sp³-hybridized carbons (Fsp3) is 0.500. The second-order valence-corrected chi connectivity index (χ2v) is 6.21. The van der Waals surface area contributed by atoms with Crippen LogP contribution in [-0.2, 0) is 13.0 Å². The SMILES string of the molecule is COc1cc2nc(CC(C)C)n(CCC(N)=S)c2cc1OC. The number of nitrogens with zero attached hydrogens (tertiary/aromatic N) is 2. The molecule has 0 aliphatic carbocycles. The van der Waals surface area contributed by atoms with Crippen molar-refractivity contribution in [3.05, 3.63) is 18.0 Å². The van der Waals surface area contributed by atoms with Gasteiger partial charge in [0.15, 0.2) is 11.5 Å². The molecular formula is C16H23N3O2S. The third-order valence-corrected chi connectivity index (χ3v) is 3.71. The van der Waals surface area contributed by atoms with Crippen molar-refractivity contribution in [3.63, 3.8) is 0 Å². The predicted molar refractivity (Wildman–Crippen MR) is 92.8 cm³/mol.